The fraction of sp³-hybridized carbons (Fsp3) is 0.615. The maximum atomic E-state index is 11.6. The molecule has 0 saturated carbocycles. The highest BCUT2D eigenvalue weighted by Gasteiger charge is 2.09. The number of carbonyl (C=O) groups excluding carboxylic acids is 1. The normalized spacial score (nSPS) is 12.5. The molecule has 0 fully saturated rings. The lowest BCUT2D eigenvalue weighted by atomic mass is 10.1. The number of aryl methyl sites for hydroxylation is 1. The number of rotatable bonds is 6. The van der Waals surface area contributed by atoms with E-state index in [2.05, 4.69) is 16.8 Å². The van der Waals surface area contributed by atoms with Gasteiger partial charge >= 0.3 is 0 Å². The first-order valence-corrected chi connectivity index (χ1v) is 6.18. The van der Waals surface area contributed by atoms with Crippen LogP contribution < -0.4 is 11.1 Å². The Morgan fingerprint density at radius 1 is 1.53 bits per heavy atom. The zero-order valence-corrected chi connectivity index (χ0v) is 11.0. The van der Waals surface area contributed by atoms with Crippen molar-refractivity contribution < 1.29 is 4.79 Å². The molecule has 0 radical (unpaired) electrons. The Balaban J connectivity index is 2.36. The van der Waals surface area contributed by atoms with Crippen LogP contribution in [-0.4, -0.2) is 16.5 Å². The number of nitrogens with two attached hydrogens (primary N) is 1. The molecule has 0 bridgehead atoms. The number of aromatic nitrogens is 1. The van der Waals surface area contributed by atoms with Crippen LogP contribution in [0.15, 0.2) is 12.1 Å². The van der Waals surface area contributed by atoms with Crippen molar-refractivity contribution in [2.24, 2.45) is 12.8 Å². The first-order chi connectivity index (χ1) is 8.04. The van der Waals surface area contributed by atoms with Crippen molar-refractivity contribution in [1.82, 2.24) is 9.88 Å². The van der Waals surface area contributed by atoms with E-state index >= 15 is 0 Å². The summed E-state index contributed by atoms with van der Waals surface area (Å²) in [6, 6.07) is 4.06. The maximum Gasteiger partial charge on any atom is 0.221 e. The molecule has 1 atom stereocenters. The molecule has 0 aromatic carbocycles. The molecule has 1 amide bonds. The molecule has 4 nitrogen and oxygen atoms in total. The Bertz CT molecular complexity index is 371. The molecule has 3 N–H and O–H groups in total. The summed E-state index contributed by atoms with van der Waals surface area (Å²) in [7, 11) is 2.00. The molecule has 0 spiro atoms. The molecule has 0 aliphatic rings. The molecule has 1 heterocycles. The summed E-state index contributed by atoms with van der Waals surface area (Å²) >= 11 is 0. The molecule has 1 aromatic rings. The lowest BCUT2D eigenvalue weighted by molar-refractivity contribution is -0.121. The number of carbonyl (C=O) groups is 1. The van der Waals surface area contributed by atoms with Gasteiger partial charge in [-0.2, -0.15) is 0 Å². The quantitative estimate of drug-likeness (QED) is 0.787. The molecule has 0 aliphatic carbocycles. The van der Waals surface area contributed by atoms with Gasteiger partial charge in [-0.1, -0.05) is 13.3 Å². The van der Waals surface area contributed by atoms with Crippen molar-refractivity contribution in [3.8, 4) is 0 Å². The van der Waals surface area contributed by atoms with Gasteiger partial charge in [-0.15, -0.1) is 0 Å². The van der Waals surface area contributed by atoms with Crippen LogP contribution in [0.5, 0.6) is 0 Å². The van der Waals surface area contributed by atoms with Crippen molar-refractivity contribution in [2.45, 2.75) is 45.7 Å². The van der Waals surface area contributed by atoms with Gasteiger partial charge in [0.2, 0.25) is 5.91 Å². The minimum Gasteiger partial charge on any atom is -0.350 e. The fourth-order valence-electron chi connectivity index (χ4n) is 1.82. The standard InChI is InChI=1S/C13H23N3O/c1-4-5-11(14)8-13(17)15-9-12-7-6-10(2)16(12)3/h6-7,11H,4-5,8-9,14H2,1-3H3,(H,15,17). The molecule has 17 heavy (non-hydrogen) atoms. The van der Waals surface area contributed by atoms with E-state index in [0.29, 0.717) is 13.0 Å². The van der Waals surface area contributed by atoms with Gasteiger partial charge in [-0.05, 0) is 25.5 Å². The molecular formula is C13H23N3O. The monoisotopic (exact) mass is 237 g/mol. The van der Waals surface area contributed by atoms with Gasteiger partial charge in [-0.3, -0.25) is 4.79 Å². The van der Waals surface area contributed by atoms with Crippen molar-refractivity contribution in [3.05, 3.63) is 23.5 Å². The van der Waals surface area contributed by atoms with Gasteiger partial charge in [0.05, 0.1) is 6.54 Å². The first-order valence-electron chi connectivity index (χ1n) is 6.18. The molecule has 1 aromatic heterocycles. The van der Waals surface area contributed by atoms with Crippen LogP contribution in [0.25, 0.3) is 0 Å². The van der Waals surface area contributed by atoms with E-state index in [1.165, 1.54) is 5.69 Å². The van der Waals surface area contributed by atoms with Crippen molar-refractivity contribution in [3.63, 3.8) is 0 Å². The van der Waals surface area contributed by atoms with E-state index < -0.39 is 0 Å². The van der Waals surface area contributed by atoms with Crippen LogP contribution in [0.1, 0.15) is 37.6 Å². The summed E-state index contributed by atoms with van der Waals surface area (Å²) in [5.74, 6) is 0.0322. The average molecular weight is 237 g/mol. The number of hydrogen-bond acceptors (Lipinski definition) is 2. The van der Waals surface area contributed by atoms with Crippen LogP contribution in [0.4, 0.5) is 0 Å². The fourth-order valence-corrected chi connectivity index (χ4v) is 1.82. The summed E-state index contributed by atoms with van der Waals surface area (Å²) in [5, 5.41) is 2.90. The summed E-state index contributed by atoms with van der Waals surface area (Å²) in [4.78, 5) is 11.6. The lowest BCUT2D eigenvalue weighted by Gasteiger charge is -2.11. The SMILES string of the molecule is CCCC(N)CC(=O)NCc1ccc(C)n1C. The smallest absolute Gasteiger partial charge is 0.221 e. The van der Waals surface area contributed by atoms with Crippen LogP contribution in [0.2, 0.25) is 0 Å². The van der Waals surface area contributed by atoms with Crippen LogP contribution in [0.3, 0.4) is 0 Å². The highest BCUT2D eigenvalue weighted by atomic mass is 16.1. The van der Waals surface area contributed by atoms with E-state index in [4.69, 9.17) is 5.73 Å². The third-order valence-electron chi connectivity index (χ3n) is 3.05. The third kappa shape index (κ3) is 4.23. The van der Waals surface area contributed by atoms with Gasteiger partial charge < -0.3 is 15.6 Å². The second-order valence-corrected chi connectivity index (χ2v) is 4.55. The van der Waals surface area contributed by atoms with E-state index in [1.54, 1.807) is 0 Å². The minimum absolute atomic E-state index is 0.0184. The highest BCUT2D eigenvalue weighted by Crippen LogP contribution is 2.05. The van der Waals surface area contributed by atoms with Gasteiger partial charge in [0, 0.05) is 30.9 Å². The third-order valence-corrected chi connectivity index (χ3v) is 3.05. The molecule has 0 aliphatic heterocycles. The minimum atomic E-state index is -0.0184. The van der Waals surface area contributed by atoms with Gasteiger partial charge in [0.15, 0.2) is 0 Å². The summed E-state index contributed by atoms with van der Waals surface area (Å²) in [5.41, 5.74) is 8.12. The summed E-state index contributed by atoms with van der Waals surface area (Å²) in [6.45, 7) is 4.69. The van der Waals surface area contributed by atoms with Gasteiger partial charge in [0.1, 0.15) is 0 Å². The van der Waals surface area contributed by atoms with Crippen molar-refractivity contribution in [2.75, 3.05) is 0 Å². The number of nitrogens with one attached hydrogen (secondary N) is 1. The second-order valence-electron chi connectivity index (χ2n) is 4.55. The Labute approximate surface area is 103 Å². The Morgan fingerprint density at radius 3 is 2.76 bits per heavy atom. The number of nitrogens with zero attached hydrogens (tertiary/aromatic N) is 1. The van der Waals surface area contributed by atoms with Gasteiger partial charge in [0.25, 0.3) is 0 Å². The molecule has 1 unspecified atom stereocenters. The van der Waals surface area contributed by atoms with Crippen LogP contribution in [-0.2, 0) is 18.4 Å². The van der Waals surface area contributed by atoms with E-state index in [-0.39, 0.29) is 11.9 Å². The van der Waals surface area contributed by atoms with Gasteiger partial charge in [-0.25, -0.2) is 0 Å². The van der Waals surface area contributed by atoms with Crippen LogP contribution >= 0.6 is 0 Å². The Hall–Kier alpha value is -1.29. The van der Waals surface area contributed by atoms with E-state index in [0.717, 1.165) is 18.5 Å². The lowest BCUT2D eigenvalue weighted by Crippen LogP contribution is -2.31. The maximum absolute atomic E-state index is 11.6. The molecular weight excluding hydrogens is 214 g/mol. The second kappa shape index (κ2) is 6.45. The molecule has 4 heteroatoms. The zero-order valence-electron chi connectivity index (χ0n) is 11.0. The Kier molecular flexibility index (Phi) is 5.22. The zero-order chi connectivity index (χ0) is 12.8. The average Bonchev–Trinajstić information content (AvgIpc) is 2.57. The molecule has 0 saturated heterocycles. The number of amides is 1. The topological polar surface area (TPSA) is 60.1 Å². The molecule has 1 rings (SSSR count). The van der Waals surface area contributed by atoms with Crippen LogP contribution in [0, 0.1) is 6.92 Å². The first kappa shape index (κ1) is 13.8. The summed E-state index contributed by atoms with van der Waals surface area (Å²) in [6.07, 6.45) is 2.33. The van der Waals surface area contributed by atoms with Crippen molar-refractivity contribution >= 4 is 5.91 Å². The highest BCUT2D eigenvalue weighted by molar-refractivity contribution is 5.76. The predicted octanol–water partition coefficient (Wildman–Crippen LogP) is 1.47. The Morgan fingerprint density at radius 2 is 2.24 bits per heavy atom. The van der Waals surface area contributed by atoms with E-state index in [9.17, 15) is 4.79 Å². The largest absolute Gasteiger partial charge is 0.350 e. The molecule has 96 valence electrons. The summed E-state index contributed by atoms with van der Waals surface area (Å²) < 4.78 is 2.08. The van der Waals surface area contributed by atoms with Crippen molar-refractivity contribution in [1.29, 1.82) is 0 Å². The number of hydrogen-bond donors (Lipinski definition) is 2. The predicted molar refractivity (Wildman–Crippen MR) is 69.5 cm³/mol. The van der Waals surface area contributed by atoms with E-state index in [1.807, 2.05) is 26.1 Å².